The first kappa shape index (κ1) is 16.1. The minimum absolute atomic E-state index is 0.270. The third-order valence-corrected chi connectivity index (χ3v) is 2.48. The Kier molecular flexibility index (Phi) is 5.61. The topological polar surface area (TPSA) is 38.3 Å². The van der Waals surface area contributed by atoms with Gasteiger partial charge in [-0.2, -0.15) is 13.2 Å². The number of alkyl halides is 3. The summed E-state index contributed by atoms with van der Waals surface area (Å²) >= 11 is 0. The number of anilines is 1. The number of esters is 1. The van der Waals surface area contributed by atoms with Crippen molar-refractivity contribution in [1.82, 2.24) is 0 Å². The monoisotopic (exact) mass is 287 g/mol. The van der Waals surface area contributed by atoms with E-state index >= 15 is 0 Å². The SMILES string of the molecule is CCOC(=O)C=C(CC)Nc1ccc(C(F)(F)F)cc1. The van der Waals surface area contributed by atoms with E-state index in [1.54, 1.807) is 6.92 Å². The minimum atomic E-state index is -4.35. The predicted octanol–water partition coefficient (Wildman–Crippen LogP) is 3.97. The zero-order valence-corrected chi connectivity index (χ0v) is 11.3. The highest BCUT2D eigenvalue weighted by Crippen LogP contribution is 2.30. The first-order valence-corrected chi connectivity index (χ1v) is 6.18. The molecule has 0 unspecified atom stereocenters. The fourth-order valence-electron chi connectivity index (χ4n) is 1.48. The van der Waals surface area contributed by atoms with Crippen LogP contribution in [0.4, 0.5) is 18.9 Å². The molecule has 6 heteroatoms. The molecule has 0 aliphatic heterocycles. The van der Waals surface area contributed by atoms with E-state index in [1.807, 2.05) is 6.92 Å². The second-order valence-electron chi connectivity index (χ2n) is 3.98. The van der Waals surface area contributed by atoms with Gasteiger partial charge >= 0.3 is 12.1 Å². The van der Waals surface area contributed by atoms with Gasteiger partial charge in [0.05, 0.1) is 12.2 Å². The molecule has 1 N–H and O–H groups in total. The number of carbonyl (C=O) groups is 1. The highest BCUT2D eigenvalue weighted by molar-refractivity contribution is 5.83. The third-order valence-electron chi connectivity index (χ3n) is 2.48. The van der Waals surface area contributed by atoms with Crippen molar-refractivity contribution in [2.45, 2.75) is 26.4 Å². The van der Waals surface area contributed by atoms with Crippen LogP contribution in [-0.2, 0) is 15.7 Å². The number of carbonyl (C=O) groups excluding carboxylic acids is 1. The van der Waals surface area contributed by atoms with Gasteiger partial charge in [0.25, 0.3) is 0 Å². The lowest BCUT2D eigenvalue weighted by molar-refractivity contribution is -0.138. The number of hydrogen-bond acceptors (Lipinski definition) is 3. The van der Waals surface area contributed by atoms with Crippen molar-refractivity contribution in [3.05, 3.63) is 41.6 Å². The number of halogens is 3. The van der Waals surface area contributed by atoms with Crippen molar-refractivity contribution >= 4 is 11.7 Å². The summed E-state index contributed by atoms with van der Waals surface area (Å²) in [6.07, 6.45) is -2.53. The molecule has 1 aromatic carbocycles. The fraction of sp³-hybridized carbons (Fsp3) is 0.357. The molecule has 0 spiro atoms. The van der Waals surface area contributed by atoms with Gasteiger partial charge in [-0.3, -0.25) is 0 Å². The Hall–Kier alpha value is -1.98. The molecule has 0 aliphatic rings. The van der Waals surface area contributed by atoms with E-state index in [4.69, 9.17) is 4.74 Å². The molecule has 0 heterocycles. The summed E-state index contributed by atoms with van der Waals surface area (Å²) in [6, 6.07) is 4.61. The Morgan fingerprint density at radius 2 is 1.85 bits per heavy atom. The maximum Gasteiger partial charge on any atom is 0.416 e. The molecular weight excluding hydrogens is 271 g/mol. The summed E-state index contributed by atoms with van der Waals surface area (Å²) in [7, 11) is 0. The van der Waals surface area contributed by atoms with Crippen molar-refractivity contribution in [3.63, 3.8) is 0 Å². The molecule has 0 aliphatic carbocycles. The largest absolute Gasteiger partial charge is 0.463 e. The van der Waals surface area contributed by atoms with E-state index in [1.165, 1.54) is 18.2 Å². The lowest BCUT2D eigenvalue weighted by Crippen LogP contribution is -2.07. The molecule has 0 saturated carbocycles. The Morgan fingerprint density at radius 1 is 1.25 bits per heavy atom. The molecule has 1 rings (SSSR count). The molecule has 0 atom stereocenters. The van der Waals surface area contributed by atoms with Crippen LogP contribution < -0.4 is 5.32 Å². The van der Waals surface area contributed by atoms with Crippen molar-refractivity contribution in [2.24, 2.45) is 0 Å². The number of allylic oxidation sites excluding steroid dienone is 1. The smallest absolute Gasteiger partial charge is 0.416 e. The predicted molar refractivity (Wildman–Crippen MR) is 70.1 cm³/mol. The van der Waals surface area contributed by atoms with Crippen LogP contribution >= 0.6 is 0 Å². The number of ether oxygens (including phenoxy) is 1. The first-order chi connectivity index (χ1) is 9.36. The number of rotatable bonds is 5. The van der Waals surface area contributed by atoms with E-state index < -0.39 is 17.7 Å². The van der Waals surface area contributed by atoms with Crippen molar-refractivity contribution in [3.8, 4) is 0 Å². The lowest BCUT2D eigenvalue weighted by Gasteiger charge is -2.11. The van der Waals surface area contributed by atoms with Crippen LogP contribution in [0.5, 0.6) is 0 Å². The van der Waals surface area contributed by atoms with Crippen molar-refractivity contribution in [2.75, 3.05) is 11.9 Å². The lowest BCUT2D eigenvalue weighted by atomic mass is 10.2. The van der Waals surface area contributed by atoms with Crippen molar-refractivity contribution in [1.29, 1.82) is 0 Å². The molecule has 0 aromatic heterocycles. The standard InChI is InChI=1S/C14H16F3NO2/c1-3-11(9-13(19)20-4-2)18-12-7-5-10(6-8-12)14(15,16)17/h5-9,18H,3-4H2,1-2H3. The zero-order chi connectivity index (χ0) is 15.2. The Bertz CT molecular complexity index is 478. The molecule has 3 nitrogen and oxygen atoms in total. The summed E-state index contributed by atoms with van der Waals surface area (Å²) in [5.41, 5.74) is 0.342. The Morgan fingerprint density at radius 3 is 2.30 bits per heavy atom. The molecule has 0 saturated heterocycles. The highest BCUT2D eigenvalue weighted by Gasteiger charge is 2.29. The van der Waals surface area contributed by atoms with Gasteiger partial charge in [0, 0.05) is 17.5 Å². The summed E-state index contributed by atoms with van der Waals surface area (Å²) in [4.78, 5) is 11.3. The molecule has 0 bridgehead atoms. The van der Waals surface area contributed by atoms with E-state index in [-0.39, 0.29) is 6.61 Å². The Balaban J connectivity index is 2.78. The van der Waals surface area contributed by atoms with Crippen LogP contribution in [0.15, 0.2) is 36.0 Å². The maximum atomic E-state index is 12.4. The highest BCUT2D eigenvalue weighted by atomic mass is 19.4. The zero-order valence-electron chi connectivity index (χ0n) is 11.3. The first-order valence-electron chi connectivity index (χ1n) is 6.18. The van der Waals surface area contributed by atoms with Gasteiger partial charge in [-0.25, -0.2) is 4.79 Å². The average molecular weight is 287 g/mol. The van der Waals surface area contributed by atoms with Gasteiger partial charge in [-0.1, -0.05) is 6.92 Å². The van der Waals surface area contributed by atoms with E-state index in [0.29, 0.717) is 17.8 Å². The normalized spacial score (nSPS) is 12.2. The minimum Gasteiger partial charge on any atom is -0.463 e. The molecule has 20 heavy (non-hydrogen) atoms. The van der Waals surface area contributed by atoms with Gasteiger partial charge < -0.3 is 10.1 Å². The molecule has 1 aromatic rings. The van der Waals surface area contributed by atoms with Crippen LogP contribution in [0.3, 0.4) is 0 Å². The van der Waals surface area contributed by atoms with Crippen LogP contribution in [0.1, 0.15) is 25.8 Å². The number of hydrogen-bond donors (Lipinski definition) is 1. The van der Waals surface area contributed by atoms with Crippen LogP contribution in [0, 0.1) is 0 Å². The van der Waals surface area contributed by atoms with Crippen molar-refractivity contribution < 1.29 is 22.7 Å². The van der Waals surface area contributed by atoms with Gasteiger partial charge in [-0.05, 0) is 37.6 Å². The van der Waals surface area contributed by atoms with Gasteiger partial charge in [-0.15, -0.1) is 0 Å². The van der Waals surface area contributed by atoms with Crippen LogP contribution in [0.2, 0.25) is 0 Å². The summed E-state index contributed by atoms with van der Waals surface area (Å²) in [6.45, 7) is 3.79. The second kappa shape index (κ2) is 6.98. The van der Waals surface area contributed by atoms with Gasteiger partial charge in [0.15, 0.2) is 0 Å². The van der Waals surface area contributed by atoms with Gasteiger partial charge in [0.2, 0.25) is 0 Å². The quantitative estimate of drug-likeness (QED) is 0.657. The molecule has 110 valence electrons. The third kappa shape index (κ3) is 4.95. The summed E-state index contributed by atoms with van der Waals surface area (Å²) in [5.74, 6) is -0.483. The van der Waals surface area contributed by atoms with E-state index in [2.05, 4.69) is 5.32 Å². The van der Waals surface area contributed by atoms with E-state index in [9.17, 15) is 18.0 Å². The average Bonchev–Trinajstić information content (AvgIpc) is 2.37. The summed E-state index contributed by atoms with van der Waals surface area (Å²) in [5, 5.41) is 2.89. The number of benzene rings is 1. The second-order valence-corrected chi connectivity index (χ2v) is 3.98. The summed E-state index contributed by atoms with van der Waals surface area (Å²) < 4.78 is 42.0. The molecule has 0 amide bonds. The molecular formula is C14H16F3NO2. The fourth-order valence-corrected chi connectivity index (χ4v) is 1.48. The van der Waals surface area contributed by atoms with Gasteiger partial charge in [0.1, 0.15) is 0 Å². The molecule has 0 radical (unpaired) electrons. The number of nitrogens with one attached hydrogen (secondary N) is 1. The van der Waals surface area contributed by atoms with E-state index in [0.717, 1.165) is 12.1 Å². The molecule has 0 fully saturated rings. The Labute approximate surface area is 115 Å². The van der Waals surface area contributed by atoms with Crippen LogP contribution in [0.25, 0.3) is 0 Å². The van der Waals surface area contributed by atoms with Crippen LogP contribution in [-0.4, -0.2) is 12.6 Å². The maximum absolute atomic E-state index is 12.4.